The van der Waals surface area contributed by atoms with Crippen LogP contribution in [0.1, 0.15) is 0 Å². The van der Waals surface area contributed by atoms with Crippen molar-refractivity contribution in [1.82, 2.24) is 0 Å². The van der Waals surface area contributed by atoms with Crippen LogP contribution in [0.2, 0.25) is 0 Å². The molecule has 2 aromatic heterocycles. The highest BCUT2D eigenvalue weighted by Crippen LogP contribution is 2.44. The Morgan fingerprint density at radius 3 is 2.36 bits per heavy atom. The van der Waals surface area contributed by atoms with Crippen LogP contribution in [-0.4, -0.2) is 35.1 Å². The van der Waals surface area contributed by atoms with Gasteiger partial charge in [-0.15, -0.1) is 0 Å². The zero-order chi connectivity index (χ0) is 18.1. The first-order valence-corrected chi connectivity index (χ1v) is 8.86. The lowest BCUT2D eigenvalue weighted by molar-refractivity contribution is 0.422. The molecule has 9 heteroatoms. The summed E-state index contributed by atoms with van der Waals surface area (Å²) in [5.74, 6) is -1.85. The van der Waals surface area contributed by atoms with Gasteiger partial charge in [0.1, 0.15) is 28.0 Å². The zero-order valence-corrected chi connectivity index (χ0v) is 13.5. The van der Waals surface area contributed by atoms with Crippen LogP contribution >= 0.6 is 0 Å². The molecule has 0 fully saturated rings. The minimum absolute atomic E-state index is 0.109. The van der Waals surface area contributed by atoms with Crippen LogP contribution in [-0.2, 0) is 9.84 Å². The number of sulfone groups is 1. The zero-order valence-electron chi connectivity index (χ0n) is 12.6. The SMILES string of the molecule is CS(=O)(=O)c1c(O)cc2c(oc3cc4c(O)cc(O)cc4[o+]c32)c1O. The first-order valence-electron chi connectivity index (χ1n) is 6.97. The lowest BCUT2D eigenvalue weighted by atomic mass is 10.1. The normalized spacial score (nSPS) is 12.4. The Morgan fingerprint density at radius 2 is 1.68 bits per heavy atom. The van der Waals surface area contributed by atoms with Crippen LogP contribution in [0.3, 0.4) is 0 Å². The predicted octanol–water partition coefficient (Wildman–Crippen LogP) is 2.84. The van der Waals surface area contributed by atoms with Gasteiger partial charge in [-0.25, -0.2) is 12.8 Å². The molecule has 0 radical (unpaired) electrons. The summed E-state index contributed by atoms with van der Waals surface area (Å²) in [5, 5.41) is 40.1. The monoisotopic (exact) mass is 363 g/mol. The molecule has 128 valence electrons. The molecule has 0 bridgehead atoms. The Bertz CT molecular complexity index is 1300. The number of rotatable bonds is 1. The number of fused-ring (bicyclic) bond motifs is 4. The lowest BCUT2D eigenvalue weighted by Gasteiger charge is -2.04. The summed E-state index contributed by atoms with van der Waals surface area (Å²) in [6.07, 6.45) is 0.843. The molecule has 2 heterocycles. The second-order valence-corrected chi connectivity index (χ2v) is 7.59. The largest absolute Gasteiger partial charge is 0.507 e. The molecule has 0 saturated heterocycles. The van der Waals surface area contributed by atoms with Gasteiger partial charge < -0.3 is 24.8 Å². The highest BCUT2D eigenvalue weighted by molar-refractivity contribution is 7.91. The first kappa shape index (κ1) is 15.3. The number of aromatic hydroxyl groups is 4. The van der Waals surface area contributed by atoms with E-state index in [1.807, 2.05) is 0 Å². The van der Waals surface area contributed by atoms with Crippen molar-refractivity contribution < 1.29 is 37.7 Å². The number of furan rings is 1. The van der Waals surface area contributed by atoms with Crippen LogP contribution in [0.25, 0.3) is 33.1 Å². The van der Waals surface area contributed by atoms with Gasteiger partial charge >= 0.3 is 11.2 Å². The van der Waals surface area contributed by atoms with Gasteiger partial charge in [-0.05, 0) is 0 Å². The summed E-state index contributed by atoms with van der Waals surface area (Å²) >= 11 is 0. The fourth-order valence-corrected chi connectivity index (χ4v) is 3.70. The Labute approximate surface area is 139 Å². The molecule has 2 aromatic carbocycles. The second-order valence-electron chi connectivity index (χ2n) is 5.64. The van der Waals surface area contributed by atoms with Crippen LogP contribution in [0, 0.1) is 0 Å². The molecule has 0 atom stereocenters. The Hall–Kier alpha value is -3.20. The average molecular weight is 363 g/mol. The summed E-state index contributed by atoms with van der Waals surface area (Å²) in [7, 11) is -3.91. The van der Waals surface area contributed by atoms with Crippen LogP contribution in [0.5, 0.6) is 23.0 Å². The molecule has 4 rings (SSSR count). The number of phenols is 4. The van der Waals surface area contributed by atoms with E-state index in [0.29, 0.717) is 0 Å². The van der Waals surface area contributed by atoms with Gasteiger partial charge in [0.25, 0.3) is 0 Å². The van der Waals surface area contributed by atoms with Crippen molar-refractivity contribution in [2.75, 3.05) is 6.26 Å². The van der Waals surface area contributed by atoms with E-state index in [1.165, 1.54) is 12.1 Å². The van der Waals surface area contributed by atoms with Crippen molar-refractivity contribution in [2.45, 2.75) is 4.90 Å². The number of hydrogen-bond acceptors (Lipinski definition) is 7. The summed E-state index contributed by atoms with van der Waals surface area (Å²) in [4.78, 5) is -0.649. The molecule has 4 aromatic rings. The van der Waals surface area contributed by atoms with Crippen LogP contribution in [0.4, 0.5) is 0 Å². The van der Waals surface area contributed by atoms with E-state index in [4.69, 9.17) is 8.83 Å². The molecule has 0 aliphatic heterocycles. The highest BCUT2D eigenvalue weighted by Gasteiger charge is 2.30. The van der Waals surface area contributed by atoms with Crippen molar-refractivity contribution in [1.29, 1.82) is 0 Å². The molecule has 0 spiro atoms. The second kappa shape index (κ2) is 4.67. The van der Waals surface area contributed by atoms with Gasteiger partial charge in [0.15, 0.2) is 26.1 Å². The summed E-state index contributed by atoms with van der Waals surface area (Å²) in [6.45, 7) is 0. The molecule has 0 saturated carbocycles. The topological polar surface area (TPSA) is 140 Å². The average Bonchev–Trinajstić information content (AvgIpc) is 2.82. The van der Waals surface area contributed by atoms with Crippen molar-refractivity contribution in [2.24, 2.45) is 0 Å². The maximum atomic E-state index is 11.8. The van der Waals surface area contributed by atoms with E-state index < -0.39 is 26.2 Å². The van der Waals surface area contributed by atoms with E-state index >= 15 is 0 Å². The van der Waals surface area contributed by atoms with Crippen LogP contribution in [0.15, 0.2) is 38.0 Å². The van der Waals surface area contributed by atoms with E-state index in [-0.39, 0.29) is 44.6 Å². The molecule has 0 amide bonds. The van der Waals surface area contributed by atoms with Crippen LogP contribution < -0.4 is 0 Å². The number of benzene rings is 2. The van der Waals surface area contributed by atoms with Crippen molar-refractivity contribution in [3.8, 4) is 23.0 Å². The lowest BCUT2D eigenvalue weighted by Crippen LogP contribution is -1.98. The van der Waals surface area contributed by atoms with Crippen molar-refractivity contribution in [3.63, 3.8) is 0 Å². The smallest absolute Gasteiger partial charge is 0.406 e. The quantitative estimate of drug-likeness (QED) is 0.379. The maximum absolute atomic E-state index is 11.8. The summed E-state index contributed by atoms with van der Waals surface area (Å²) in [5.41, 5.74) is 0.178. The van der Waals surface area contributed by atoms with Gasteiger partial charge in [0, 0.05) is 24.5 Å². The Kier molecular flexibility index (Phi) is 2.86. The number of phenolic OH excluding ortho intramolecular Hbond substituents is 4. The van der Waals surface area contributed by atoms with Gasteiger partial charge in [-0.2, -0.15) is 0 Å². The summed E-state index contributed by atoms with van der Waals surface area (Å²) < 4.78 is 34.6. The highest BCUT2D eigenvalue weighted by atomic mass is 32.2. The molecule has 25 heavy (non-hydrogen) atoms. The fourth-order valence-electron chi connectivity index (χ4n) is 2.82. The minimum Gasteiger partial charge on any atom is -0.507 e. The first-order chi connectivity index (χ1) is 11.7. The summed E-state index contributed by atoms with van der Waals surface area (Å²) in [6, 6.07) is 4.92. The molecule has 4 N–H and O–H groups in total. The number of hydrogen-bond donors (Lipinski definition) is 4. The van der Waals surface area contributed by atoms with Gasteiger partial charge in [0.05, 0.1) is 6.07 Å². The van der Waals surface area contributed by atoms with E-state index in [2.05, 4.69) is 0 Å². The third-order valence-electron chi connectivity index (χ3n) is 3.83. The molecule has 0 aliphatic carbocycles. The van der Waals surface area contributed by atoms with Gasteiger partial charge in [0.2, 0.25) is 5.58 Å². The van der Waals surface area contributed by atoms with Gasteiger partial charge in [-0.1, -0.05) is 0 Å². The molecular weight excluding hydrogens is 352 g/mol. The molecule has 8 nitrogen and oxygen atoms in total. The molecule has 0 aliphatic rings. The third kappa shape index (κ3) is 2.13. The third-order valence-corrected chi connectivity index (χ3v) is 4.98. The van der Waals surface area contributed by atoms with E-state index in [9.17, 15) is 28.8 Å². The predicted molar refractivity (Wildman–Crippen MR) is 87.7 cm³/mol. The van der Waals surface area contributed by atoms with Crippen molar-refractivity contribution >= 4 is 42.9 Å². The van der Waals surface area contributed by atoms with Gasteiger partial charge in [-0.3, -0.25) is 0 Å². The maximum Gasteiger partial charge on any atom is 0.406 e. The standard InChI is InChI=1S/C16H10O8S/c1-25(21,22)16-10(19)4-8-14-12(24-15(8)13(16)20)5-7-9(18)2-6(17)3-11(7)23-14/h2-5H,1H3,(H3-,17,18,19,20)/p+1. The molecule has 0 unspecified atom stereocenters. The fraction of sp³-hybridized carbons (Fsp3) is 0.0625. The Morgan fingerprint density at radius 1 is 0.960 bits per heavy atom. The minimum atomic E-state index is -3.91. The van der Waals surface area contributed by atoms with Crippen molar-refractivity contribution in [3.05, 3.63) is 24.3 Å². The Balaban J connectivity index is 2.21. The van der Waals surface area contributed by atoms with E-state index in [1.54, 1.807) is 0 Å². The van der Waals surface area contributed by atoms with E-state index in [0.717, 1.165) is 18.4 Å². The molecular formula is C16H11O8S+.